The molecule has 0 aromatic heterocycles. The fourth-order valence-electron chi connectivity index (χ4n) is 1.64. The van der Waals surface area contributed by atoms with Gasteiger partial charge in [-0.1, -0.05) is 48.0 Å². The van der Waals surface area contributed by atoms with Crippen LogP contribution >= 0.6 is 23.8 Å². The number of hydrogen-bond donors (Lipinski definition) is 2. The first-order valence-electron chi connectivity index (χ1n) is 6.21. The van der Waals surface area contributed by atoms with Crippen LogP contribution in [0.5, 0.6) is 5.75 Å². The molecule has 0 aliphatic rings. The first kappa shape index (κ1) is 15.3. The van der Waals surface area contributed by atoms with Gasteiger partial charge in [0.1, 0.15) is 18.1 Å². The van der Waals surface area contributed by atoms with E-state index in [1.807, 2.05) is 42.5 Å². The normalized spacial score (nSPS) is 11.0. The van der Waals surface area contributed by atoms with Crippen LogP contribution in [0.3, 0.4) is 0 Å². The number of benzene rings is 2. The van der Waals surface area contributed by atoms with Gasteiger partial charge in [-0.25, -0.2) is 0 Å². The molecule has 0 unspecified atom stereocenters. The van der Waals surface area contributed by atoms with Crippen molar-refractivity contribution >= 4 is 34.6 Å². The minimum absolute atomic E-state index is 0.103. The number of ether oxygens (including phenoxy) is 1. The number of rotatable bonds is 5. The zero-order valence-electron chi connectivity index (χ0n) is 11.1. The summed E-state index contributed by atoms with van der Waals surface area (Å²) < 4.78 is 5.70. The van der Waals surface area contributed by atoms with Crippen molar-refractivity contribution < 1.29 is 4.74 Å². The number of hydrazone groups is 1. The summed E-state index contributed by atoms with van der Waals surface area (Å²) in [6.45, 7) is 0.264. The molecule has 2 rings (SSSR count). The highest BCUT2D eigenvalue weighted by atomic mass is 35.5. The Kier molecular flexibility index (Phi) is 5.54. The zero-order chi connectivity index (χ0) is 15.1. The molecule has 21 heavy (non-hydrogen) atoms. The minimum Gasteiger partial charge on any atom is -0.487 e. The molecule has 0 amide bonds. The van der Waals surface area contributed by atoms with Crippen LogP contribution in [0.15, 0.2) is 59.7 Å². The summed E-state index contributed by atoms with van der Waals surface area (Å²) in [4.78, 5) is 0. The lowest BCUT2D eigenvalue weighted by Gasteiger charge is -2.10. The number of hydrogen-bond acceptors (Lipinski definition) is 3. The fraction of sp³-hybridized carbons (Fsp3) is 0.0667. The van der Waals surface area contributed by atoms with E-state index in [0.717, 1.165) is 5.56 Å². The molecule has 0 fully saturated rings. The van der Waals surface area contributed by atoms with Crippen LogP contribution in [-0.4, -0.2) is 17.4 Å². The van der Waals surface area contributed by atoms with Crippen LogP contribution in [0.2, 0.25) is 5.02 Å². The van der Waals surface area contributed by atoms with Gasteiger partial charge in [-0.15, -0.1) is 0 Å². The Morgan fingerprint density at radius 3 is 2.62 bits per heavy atom. The molecule has 2 aromatic carbocycles. The highest BCUT2D eigenvalue weighted by molar-refractivity contribution is 7.80. The van der Waals surface area contributed by atoms with E-state index in [2.05, 4.69) is 10.5 Å². The summed E-state index contributed by atoms with van der Waals surface area (Å²) in [6, 6.07) is 16.8. The smallest absolute Gasteiger partial charge is 0.184 e. The molecule has 0 radical (unpaired) electrons. The second-order valence-corrected chi connectivity index (χ2v) is 5.02. The van der Waals surface area contributed by atoms with Crippen LogP contribution in [0.4, 0.5) is 0 Å². The summed E-state index contributed by atoms with van der Waals surface area (Å²) in [7, 11) is 0. The van der Waals surface area contributed by atoms with Crippen LogP contribution in [0.1, 0.15) is 5.56 Å². The molecule has 0 aliphatic heterocycles. The molecule has 0 saturated heterocycles. The molecule has 0 aliphatic carbocycles. The Morgan fingerprint density at radius 1 is 1.19 bits per heavy atom. The van der Waals surface area contributed by atoms with Crippen molar-refractivity contribution in [3.63, 3.8) is 0 Å². The van der Waals surface area contributed by atoms with Crippen molar-refractivity contribution in [2.75, 3.05) is 6.61 Å². The Balaban J connectivity index is 2.13. The third kappa shape index (κ3) is 5.06. The van der Waals surface area contributed by atoms with Gasteiger partial charge in [0.15, 0.2) is 5.11 Å². The van der Waals surface area contributed by atoms with Crippen molar-refractivity contribution in [3.05, 3.63) is 65.2 Å². The van der Waals surface area contributed by atoms with E-state index in [1.54, 1.807) is 12.1 Å². The van der Waals surface area contributed by atoms with Gasteiger partial charge < -0.3 is 10.5 Å². The predicted molar refractivity (Wildman–Crippen MR) is 89.8 cm³/mol. The van der Waals surface area contributed by atoms with Crippen molar-refractivity contribution in [2.45, 2.75) is 0 Å². The van der Waals surface area contributed by atoms with Crippen LogP contribution in [0.25, 0.3) is 0 Å². The van der Waals surface area contributed by atoms with Gasteiger partial charge in [0.2, 0.25) is 0 Å². The topological polar surface area (TPSA) is 59.6 Å². The molecule has 0 spiro atoms. The number of nitrogens with two attached hydrogens (primary N) is 1. The summed E-state index contributed by atoms with van der Waals surface area (Å²) in [6.07, 6.45) is 0. The maximum Gasteiger partial charge on any atom is 0.184 e. The van der Waals surface area contributed by atoms with Gasteiger partial charge in [0, 0.05) is 10.6 Å². The van der Waals surface area contributed by atoms with Crippen molar-refractivity contribution in [1.29, 1.82) is 0 Å². The molecular weight excluding hydrogens is 306 g/mol. The molecular formula is C15H14ClN3OS. The predicted octanol–water partition coefficient (Wildman–Crippen LogP) is 2.96. The summed E-state index contributed by atoms with van der Waals surface area (Å²) in [5.74, 6) is 0.668. The third-order valence-corrected chi connectivity index (χ3v) is 2.91. The molecule has 108 valence electrons. The van der Waals surface area contributed by atoms with E-state index in [4.69, 9.17) is 34.3 Å². The lowest BCUT2D eigenvalue weighted by atomic mass is 10.1. The number of nitrogens with zero attached hydrogens (tertiary/aromatic N) is 1. The van der Waals surface area contributed by atoms with Gasteiger partial charge in [-0.05, 0) is 30.4 Å². The van der Waals surface area contributed by atoms with Gasteiger partial charge in [-0.2, -0.15) is 5.10 Å². The number of halogens is 1. The average molecular weight is 320 g/mol. The van der Waals surface area contributed by atoms with Gasteiger partial charge >= 0.3 is 0 Å². The molecule has 0 saturated carbocycles. The minimum atomic E-state index is 0.103. The largest absolute Gasteiger partial charge is 0.487 e. The lowest BCUT2D eigenvalue weighted by Crippen LogP contribution is -2.27. The molecule has 4 nitrogen and oxygen atoms in total. The highest BCUT2D eigenvalue weighted by Crippen LogP contribution is 2.17. The fourth-order valence-corrected chi connectivity index (χ4v) is 1.87. The summed E-state index contributed by atoms with van der Waals surface area (Å²) in [5, 5.41) is 4.89. The van der Waals surface area contributed by atoms with E-state index in [9.17, 15) is 0 Å². The third-order valence-electron chi connectivity index (χ3n) is 2.58. The molecule has 2 aromatic rings. The summed E-state index contributed by atoms with van der Waals surface area (Å²) >= 11 is 10.7. The van der Waals surface area contributed by atoms with Gasteiger partial charge in [0.25, 0.3) is 0 Å². The SMILES string of the molecule is NC(=S)NN=C(COc1cccc(Cl)c1)c1ccccc1. The van der Waals surface area contributed by atoms with Gasteiger partial charge in [-0.3, -0.25) is 5.43 Å². The molecule has 0 atom stereocenters. The van der Waals surface area contributed by atoms with Gasteiger partial charge in [0.05, 0.1) is 0 Å². The lowest BCUT2D eigenvalue weighted by molar-refractivity contribution is 0.376. The molecule has 0 heterocycles. The van der Waals surface area contributed by atoms with E-state index >= 15 is 0 Å². The molecule has 3 N–H and O–H groups in total. The van der Waals surface area contributed by atoms with Crippen molar-refractivity contribution in [2.24, 2.45) is 10.8 Å². The van der Waals surface area contributed by atoms with E-state index in [0.29, 0.717) is 16.5 Å². The Morgan fingerprint density at radius 2 is 1.95 bits per heavy atom. The molecule has 6 heteroatoms. The van der Waals surface area contributed by atoms with E-state index < -0.39 is 0 Å². The maximum absolute atomic E-state index is 5.92. The Bertz CT molecular complexity index is 646. The first-order chi connectivity index (χ1) is 10.1. The zero-order valence-corrected chi connectivity index (χ0v) is 12.7. The number of nitrogens with one attached hydrogen (secondary N) is 1. The average Bonchev–Trinajstić information content (AvgIpc) is 2.48. The Labute approximate surface area is 133 Å². The second kappa shape index (κ2) is 7.61. The monoisotopic (exact) mass is 319 g/mol. The first-order valence-corrected chi connectivity index (χ1v) is 6.99. The van der Waals surface area contributed by atoms with Crippen molar-refractivity contribution in [1.82, 2.24) is 5.43 Å². The van der Waals surface area contributed by atoms with Crippen LogP contribution in [-0.2, 0) is 0 Å². The quantitative estimate of drug-likeness (QED) is 0.505. The highest BCUT2D eigenvalue weighted by Gasteiger charge is 2.05. The second-order valence-electron chi connectivity index (χ2n) is 4.15. The van der Waals surface area contributed by atoms with Crippen LogP contribution < -0.4 is 15.9 Å². The van der Waals surface area contributed by atoms with E-state index in [1.165, 1.54) is 0 Å². The standard InChI is InChI=1S/C15H14ClN3OS/c16-12-7-4-8-13(9-12)20-10-14(18-19-15(17)21)11-5-2-1-3-6-11/h1-9H,10H2,(H3,17,19,21). The molecule has 0 bridgehead atoms. The van der Waals surface area contributed by atoms with E-state index in [-0.39, 0.29) is 11.7 Å². The maximum atomic E-state index is 5.92. The Hall–Kier alpha value is -2.11. The van der Waals surface area contributed by atoms with Crippen molar-refractivity contribution in [3.8, 4) is 5.75 Å². The van der Waals surface area contributed by atoms with Crippen LogP contribution in [0, 0.1) is 0 Å². The summed E-state index contributed by atoms with van der Waals surface area (Å²) in [5.41, 5.74) is 9.59. The number of thiocarbonyl (C=S) groups is 1.